The SMILES string of the molecule is C=C(C(OC(C)=O)c1ccccc1)C(C)(O[Si](C)(C)C)C(F)(F)F. The number of esters is 1. The van der Waals surface area contributed by atoms with Gasteiger partial charge in [0.25, 0.3) is 0 Å². The summed E-state index contributed by atoms with van der Waals surface area (Å²) in [5.41, 5.74) is -2.56. The number of benzene rings is 1. The van der Waals surface area contributed by atoms with Crippen LogP contribution in [0.2, 0.25) is 19.6 Å². The summed E-state index contributed by atoms with van der Waals surface area (Å²) in [5.74, 6) is -0.692. The molecule has 1 aromatic rings. The minimum absolute atomic E-state index is 0.348. The Morgan fingerprint density at radius 1 is 1.17 bits per heavy atom. The quantitative estimate of drug-likeness (QED) is 0.406. The van der Waals surface area contributed by atoms with Crippen LogP contribution < -0.4 is 0 Å². The van der Waals surface area contributed by atoms with Crippen LogP contribution in [0.5, 0.6) is 0 Å². The number of carbonyl (C=O) groups excluding carboxylic acids is 1. The average Bonchev–Trinajstić information content (AvgIpc) is 2.41. The highest BCUT2D eigenvalue weighted by molar-refractivity contribution is 6.69. The van der Waals surface area contributed by atoms with E-state index in [9.17, 15) is 18.0 Å². The van der Waals surface area contributed by atoms with E-state index in [1.165, 1.54) is 0 Å². The van der Waals surface area contributed by atoms with E-state index in [-0.39, 0.29) is 5.57 Å². The van der Waals surface area contributed by atoms with Crippen molar-refractivity contribution in [3.05, 3.63) is 48.0 Å². The van der Waals surface area contributed by atoms with Crippen LogP contribution in [-0.2, 0) is 14.0 Å². The lowest BCUT2D eigenvalue weighted by Gasteiger charge is -2.41. The summed E-state index contributed by atoms with van der Waals surface area (Å²) in [6.45, 7) is 10.7. The number of hydrogen-bond acceptors (Lipinski definition) is 3. The molecule has 0 N–H and O–H groups in total. The van der Waals surface area contributed by atoms with Crippen LogP contribution in [0.3, 0.4) is 0 Å². The van der Waals surface area contributed by atoms with Crippen LogP contribution >= 0.6 is 0 Å². The van der Waals surface area contributed by atoms with E-state index in [4.69, 9.17) is 9.16 Å². The molecule has 1 rings (SSSR count). The van der Waals surface area contributed by atoms with Crippen LogP contribution in [0.4, 0.5) is 13.2 Å². The highest BCUT2D eigenvalue weighted by Crippen LogP contribution is 2.45. The summed E-state index contributed by atoms with van der Waals surface area (Å²) in [5, 5.41) is 0. The predicted octanol–water partition coefficient (Wildman–Crippen LogP) is 5.02. The molecular weight excluding hydrogens is 337 g/mol. The molecule has 3 nitrogen and oxygen atoms in total. The molecule has 24 heavy (non-hydrogen) atoms. The van der Waals surface area contributed by atoms with E-state index in [2.05, 4.69) is 6.58 Å². The first-order valence-electron chi connectivity index (χ1n) is 7.46. The largest absolute Gasteiger partial charge is 0.453 e. The Hall–Kier alpha value is -1.60. The van der Waals surface area contributed by atoms with Crippen LogP contribution in [0, 0.1) is 0 Å². The van der Waals surface area contributed by atoms with E-state index < -0.39 is 32.2 Å². The fourth-order valence-corrected chi connectivity index (χ4v) is 3.77. The molecule has 0 heterocycles. The van der Waals surface area contributed by atoms with E-state index in [0.717, 1.165) is 13.8 Å². The molecule has 1 aromatic carbocycles. The maximum atomic E-state index is 13.8. The van der Waals surface area contributed by atoms with Gasteiger partial charge >= 0.3 is 12.1 Å². The van der Waals surface area contributed by atoms with Crippen molar-refractivity contribution in [1.82, 2.24) is 0 Å². The Bertz CT molecular complexity index is 593. The first-order chi connectivity index (χ1) is 10.8. The van der Waals surface area contributed by atoms with Gasteiger partial charge in [-0.2, -0.15) is 13.2 Å². The van der Waals surface area contributed by atoms with Gasteiger partial charge in [-0.25, -0.2) is 0 Å². The van der Waals surface area contributed by atoms with E-state index in [1.807, 2.05) is 0 Å². The molecule has 0 fully saturated rings. The zero-order chi connectivity index (χ0) is 18.8. The van der Waals surface area contributed by atoms with Crippen LogP contribution in [0.1, 0.15) is 25.5 Å². The zero-order valence-corrected chi connectivity index (χ0v) is 15.5. The highest BCUT2D eigenvalue weighted by atomic mass is 28.4. The number of alkyl halides is 3. The third kappa shape index (κ3) is 4.94. The van der Waals surface area contributed by atoms with Gasteiger partial charge in [0.15, 0.2) is 20.0 Å². The number of hydrogen-bond donors (Lipinski definition) is 0. The molecule has 2 unspecified atom stereocenters. The summed E-state index contributed by atoms with van der Waals surface area (Å²) < 4.78 is 52.0. The van der Waals surface area contributed by atoms with Crippen molar-refractivity contribution in [3.8, 4) is 0 Å². The molecule has 0 amide bonds. The Morgan fingerprint density at radius 2 is 1.67 bits per heavy atom. The maximum Gasteiger partial charge on any atom is 0.420 e. The van der Waals surface area contributed by atoms with Gasteiger partial charge in [-0.15, -0.1) is 0 Å². The minimum Gasteiger partial charge on any atom is -0.453 e. The van der Waals surface area contributed by atoms with Crippen molar-refractivity contribution >= 4 is 14.3 Å². The second kappa shape index (κ2) is 7.10. The highest BCUT2D eigenvalue weighted by Gasteiger charge is 2.57. The third-order valence-electron chi connectivity index (χ3n) is 3.37. The Labute approximate surface area is 141 Å². The fourth-order valence-electron chi connectivity index (χ4n) is 2.30. The summed E-state index contributed by atoms with van der Waals surface area (Å²) in [4.78, 5) is 11.4. The normalized spacial score (nSPS) is 16.2. The predicted molar refractivity (Wildman–Crippen MR) is 89.0 cm³/mol. The summed E-state index contributed by atoms with van der Waals surface area (Å²) >= 11 is 0. The maximum absolute atomic E-state index is 13.8. The van der Waals surface area contributed by atoms with Crippen molar-refractivity contribution in [2.24, 2.45) is 0 Å². The van der Waals surface area contributed by atoms with Crippen molar-refractivity contribution in [1.29, 1.82) is 0 Å². The lowest BCUT2D eigenvalue weighted by Crippen LogP contribution is -2.53. The zero-order valence-electron chi connectivity index (χ0n) is 14.5. The molecule has 0 aliphatic carbocycles. The van der Waals surface area contributed by atoms with E-state index in [0.29, 0.717) is 5.56 Å². The second-order valence-electron chi connectivity index (χ2n) is 6.67. The van der Waals surface area contributed by atoms with Gasteiger partial charge in [-0.3, -0.25) is 4.79 Å². The van der Waals surface area contributed by atoms with Crippen LogP contribution in [0.25, 0.3) is 0 Å². The molecule has 0 aliphatic heterocycles. The fraction of sp³-hybridized carbons (Fsp3) is 0.471. The van der Waals surface area contributed by atoms with Crippen LogP contribution in [-0.4, -0.2) is 26.1 Å². The lowest BCUT2D eigenvalue weighted by molar-refractivity contribution is -0.234. The lowest BCUT2D eigenvalue weighted by atomic mass is 9.88. The van der Waals surface area contributed by atoms with Gasteiger partial charge in [0, 0.05) is 12.5 Å². The summed E-state index contributed by atoms with van der Waals surface area (Å²) in [7, 11) is -2.57. The van der Waals surface area contributed by atoms with Crippen LogP contribution in [0.15, 0.2) is 42.5 Å². The van der Waals surface area contributed by atoms with Gasteiger partial charge in [0.05, 0.1) is 0 Å². The van der Waals surface area contributed by atoms with Gasteiger partial charge < -0.3 is 9.16 Å². The standard InChI is InChI=1S/C17H23F3O3Si/c1-12(16(3,17(18,19)20)23-24(4,5)6)15(22-13(2)21)14-10-8-7-9-11-14/h7-11,15H,1H2,2-6H3. The molecule has 0 bridgehead atoms. The molecule has 0 spiro atoms. The molecular formula is C17H23F3O3Si. The number of halogens is 3. The van der Waals surface area contributed by atoms with Gasteiger partial charge in [-0.05, 0) is 32.1 Å². The van der Waals surface area contributed by atoms with Crippen molar-refractivity contribution < 1.29 is 27.1 Å². The van der Waals surface area contributed by atoms with Crippen molar-refractivity contribution in [3.63, 3.8) is 0 Å². The molecule has 0 aliphatic rings. The van der Waals surface area contributed by atoms with E-state index >= 15 is 0 Å². The van der Waals surface area contributed by atoms with Crippen molar-refractivity contribution in [2.75, 3.05) is 0 Å². The minimum atomic E-state index is -4.70. The summed E-state index contributed by atoms with van der Waals surface area (Å²) in [6.07, 6.45) is -5.94. The topological polar surface area (TPSA) is 35.5 Å². The molecule has 0 radical (unpaired) electrons. The molecule has 7 heteroatoms. The number of rotatable bonds is 6. The van der Waals surface area contributed by atoms with Crippen molar-refractivity contribution in [2.45, 2.75) is 51.4 Å². The monoisotopic (exact) mass is 360 g/mol. The molecule has 0 saturated heterocycles. The molecule has 0 saturated carbocycles. The average molecular weight is 360 g/mol. The van der Waals surface area contributed by atoms with Gasteiger partial charge in [0.1, 0.15) is 0 Å². The third-order valence-corrected chi connectivity index (χ3v) is 4.39. The second-order valence-corrected chi connectivity index (χ2v) is 11.1. The Morgan fingerprint density at radius 3 is 2.04 bits per heavy atom. The number of carbonyl (C=O) groups is 1. The Balaban J connectivity index is 3.38. The Kier molecular flexibility index (Phi) is 6.05. The van der Waals surface area contributed by atoms with Gasteiger partial charge in [-0.1, -0.05) is 36.9 Å². The summed E-state index contributed by atoms with van der Waals surface area (Å²) in [6, 6.07) is 8.21. The first-order valence-corrected chi connectivity index (χ1v) is 10.9. The molecule has 0 aromatic heterocycles. The molecule has 2 atom stereocenters. The van der Waals surface area contributed by atoms with Gasteiger partial charge in [0.2, 0.25) is 0 Å². The van der Waals surface area contributed by atoms with E-state index in [1.54, 1.807) is 50.0 Å². The first kappa shape index (κ1) is 20.4. The number of ether oxygens (including phenoxy) is 1. The smallest absolute Gasteiger partial charge is 0.420 e. The molecule has 134 valence electrons.